The van der Waals surface area contributed by atoms with Crippen LogP contribution in [0.25, 0.3) is 11.3 Å². The zero-order valence-electron chi connectivity index (χ0n) is 10.4. The van der Waals surface area contributed by atoms with Gasteiger partial charge in [0.1, 0.15) is 5.01 Å². The van der Waals surface area contributed by atoms with Crippen molar-refractivity contribution < 1.29 is 9.21 Å². The van der Waals surface area contributed by atoms with E-state index in [-0.39, 0.29) is 5.91 Å². The maximum atomic E-state index is 11.7. The van der Waals surface area contributed by atoms with Crippen LogP contribution in [0.5, 0.6) is 0 Å². The van der Waals surface area contributed by atoms with Gasteiger partial charge in [-0.1, -0.05) is 0 Å². The Morgan fingerprint density at radius 1 is 1.30 bits per heavy atom. The molecule has 0 atom stereocenters. The lowest BCUT2D eigenvalue weighted by Gasteiger charge is -1.99. The van der Waals surface area contributed by atoms with Crippen LogP contribution in [-0.4, -0.2) is 15.9 Å². The largest absolute Gasteiger partial charge is 0.459 e. The standard InChI is InChI=1S/C14H11N3O2S/c18-14(12-2-1-7-19-12)16-8-13-17-11(9-20-13)10-3-5-15-6-4-10/h1-7,9H,8H2,(H,16,18). The number of rotatable bonds is 4. The Bertz CT molecular complexity index is 692. The number of thiazole rings is 1. The van der Waals surface area contributed by atoms with E-state index in [1.54, 1.807) is 24.5 Å². The van der Waals surface area contributed by atoms with Gasteiger partial charge in [0.05, 0.1) is 18.5 Å². The fourth-order valence-corrected chi connectivity index (χ4v) is 2.44. The van der Waals surface area contributed by atoms with Gasteiger partial charge < -0.3 is 9.73 Å². The smallest absolute Gasteiger partial charge is 0.287 e. The topological polar surface area (TPSA) is 68.0 Å². The second-order valence-electron chi connectivity index (χ2n) is 4.02. The van der Waals surface area contributed by atoms with Crippen molar-refractivity contribution in [1.82, 2.24) is 15.3 Å². The molecule has 0 unspecified atom stereocenters. The van der Waals surface area contributed by atoms with Crippen LogP contribution in [0.1, 0.15) is 15.6 Å². The molecule has 3 aromatic rings. The molecule has 3 aromatic heterocycles. The van der Waals surface area contributed by atoms with Crippen LogP contribution < -0.4 is 5.32 Å². The van der Waals surface area contributed by atoms with Gasteiger partial charge in [-0.3, -0.25) is 9.78 Å². The average molecular weight is 285 g/mol. The number of pyridine rings is 1. The van der Waals surface area contributed by atoms with Crippen molar-refractivity contribution in [1.29, 1.82) is 0 Å². The van der Waals surface area contributed by atoms with E-state index in [1.807, 2.05) is 17.5 Å². The molecular formula is C14H11N3O2S. The van der Waals surface area contributed by atoms with E-state index in [2.05, 4.69) is 15.3 Å². The summed E-state index contributed by atoms with van der Waals surface area (Å²) >= 11 is 1.51. The fraction of sp³-hybridized carbons (Fsp3) is 0.0714. The average Bonchev–Trinajstić information content (AvgIpc) is 3.17. The van der Waals surface area contributed by atoms with Crippen molar-refractivity contribution in [3.63, 3.8) is 0 Å². The molecule has 0 aromatic carbocycles. The van der Waals surface area contributed by atoms with Crippen LogP contribution in [0.2, 0.25) is 0 Å². The highest BCUT2D eigenvalue weighted by molar-refractivity contribution is 7.09. The molecule has 0 saturated carbocycles. The van der Waals surface area contributed by atoms with E-state index in [9.17, 15) is 4.79 Å². The number of hydrogen-bond acceptors (Lipinski definition) is 5. The van der Waals surface area contributed by atoms with Crippen LogP contribution in [-0.2, 0) is 6.54 Å². The zero-order chi connectivity index (χ0) is 13.8. The number of hydrogen-bond donors (Lipinski definition) is 1. The highest BCUT2D eigenvalue weighted by Crippen LogP contribution is 2.20. The Kier molecular flexibility index (Phi) is 3.56. The van der Waals surface area contributed by atoms with Gasteiger partial charge in [0.2, 0.25) is 0 Å². The maximum Gasteiger partial charge on any atom is 0.287 e. The SMILES string of the molecule is O=C(NCc1nc(-c2ccncc2)cs1)c1ccco1. The van der Waals surface area contributed by atoms with Gasteiger partial charge in [-0.15, -0.1) is 11.3 Å². The van der Waals surface area contributed by atoms with Gasteiger partial charge in [0, 0.05) is 23.3 Å². The summed E-state index contributed by atoms with van der Waals surface area (Å²) in [5, 5.41) is 5.58. The van der Waals surface area contributed by atoms with Crippen molar-refractivity contribution in [2.24, 2.45) is 0 Å². The van der Waals surface area contributed by atoms with Gasteiger partial charge in [0.15, 0.2) is 5.76 Å². The van der Waals surface area contributed by atoms with Crippen LogP contribution in [0.3, 0.4) is 0 Å². The van der Waals surface area contributed by atoms with E-state index >= 15 is 0 Å². The van der Waals surface area contributed by atoms with Crippen LogP contribution in [0, 0.1) is 0 Å². The summed E-state index contributed by atoms with van der Waals surface area (Å²) in [5.74, 6) is 0.0616. The molecule has 1 N–H and O–H groups in total. The first-order chi connectivity index (χ1) is 9.83. The molecule has 3 heterocycles. The van der Waals surface area contributed by atoms with E-state index in [1.165, 1.54) is 17.6 Å². The number of nitrogens with one attached hydrogen (secondary N) is 1. The first-order valence-corrected chi connectivity index (χ1v) is 6.87. The Labute approximate surface area is 119 Å². The first-order valence-electron chi connectivity index (χ1n) is 5.99. The third-order valence-electron chi connectivity index (χ3n) is 2.67. The summed E-state index contributed by atoms with van der Waals surface area (Å²) in [5.41, 5.74) is 1.90. The summed E-state index contributed by atoms with van der Waals surface area (Å²) < 4.78 is 5.02. The molecule has 1 amide bonds. The third-order valence-corrected chi connectivity index (χ3v) is 3.52. The zero-order valence-corrected chi connectivity index (χ0v) is 11.3. The molecule has 20 heavy (non-hydrogen) atoms. The number of carbonyl (C=O) groups is 1. The molecule has 0 spiro atoms. The number of carbonyl (C=O) groups excluding carboxylic acids is 1. The molecule has 0 radical (unpaired) electrons. The van der Waals surface area contributed by atoms with Gasteiger partial charge in [-0.25, -0.2) is 4.98 Å². The molecule has 3 rings (SSSR count). The quantitative estimate of drug-likeness (QED) is 0.800. The predicted molar refractivity (Wildman–Crippen MR) is 75.2 cm³/mol. The van der Waals surface area contributed by atoms with E-state index < -0.39 is 0 Å². The fourth-order valence-electron chi connectivity index (χ4n) is 1.70. The molecule has 0 bridgehead atoms. The third kappa shape index (κ3) is 2.75. The van der Waals surface area contributed by atoms with Gasteiger partial charge in [-0.05, 0) is 24.3 Å². The monoisotopic (exact) mass is 285 g/mol. The van der Waals surface area contributed by atoms with Crippen molar-refractivity contribution in [2.45, 2.75) is 6.54 Å². The highest BCUT2D eigenvalue weighted by Gasteiger charge is 2.09. The molecule has 0 aliphatic rings. The lowest BCUT2D eigenvalue weighted by molar-refractivity contribution is 0.0923. The molecule has 5 nitrogen and oxygen atoms in total. The van der Waals surface area contributed by atoms with E-state index in [0.717, 1.165) is 16.3 Å². The Hall–Kier alpha value is -2.47. The lowest BCUT2D eigenvalue weighted by atomic mass is 10.2. The van der Waals surface area contributed by atoms with E-state index in [0.29, 0.717) is 12.3 Å². The van der Waals surface area contributed by atoms with Crippen LogP contribution >= 0.6 is 11.3 Å². The molecule has 100 valence electrons. The number of nitrogens with zero attached hydrogens (tertiary/aromatic N) is 2. The molecule has 0 saturated heterocycles. The second kappa shape index (κ2) is 5.66. The van der Waals surface area contributed by atoms with Crippen LogP contribution in [0.4, 0.5) is 0 Å². The van der Waals surface area contributed by atoms with Crippen molar-refractivity contribution in [3.05, 3.63) is 59.1 Å². The van der Waals surface area contributed by atoms with Crippen LogP contribution in [0.15, 0.2) is 52.7 Å². The summed E-state index contributed by atoms with van der Waals surface area (Å²) in [6.45, 7) is 0.384. The van der Waals surface area contributed by atoms with Crippen molar-refractivity contribution in [2.75, 3.05) is 0 Å². The lowest BCUT2D eigenvalue weighted by Crippen LogP contribution is -2.22. The number of furan rings is 1. The normalized spacial score (nSPS) is 10.4. The Morgan fingerprint density at radius 3 is 2.90 bits per heavy atom. The first kappa shape index (κ1) is 12.6. The summed E-state index contributed by atoms with van der Waals surface area (Å²) in [6, 6.07) is 7.11. The predicted octanol–water partition coefficient (Wildman–Crippen LogP) is 2.73. The number of amides is 1. The maximum absolute atomic E-state index is 11.7. The summed E-state index contributed by atoms with van der Waals surface area (Å²) in [4.78, 5) is 20.2. The van der Waals surface area contributed by atoms with Crippen molar-refractivity contribution in [3.8, 4) is 11.3 Å². The summed E-state index contributed by atoms with van der Waals surface area (Å²) in [6.07, 6.45) is 4.93. The van der Waals surface area contributed by atoms with E-state index in [4.69, 9.17) is 4.42 Å². The molecule has 0 aliphatic heterocycles. The molecule has 0 fully saturated rings. The van der Waals surface area contributed by atoms with Crippen molar-refractivity contribution >= 4 is 17.2 Å². The molecule has 6 heteroatoms. The minimum Gasteiger partial charge on any atom is -0.459 e. The molecular weight excluding hydrogens is 274 g/mol. The second-order valence-corrected chi connectivity index (χ2v) is 4.97. The molecule has 0 aliphatic carbocycles. The van der Waals surface area contributed by atoms with Gasteiger partial charge in [0.25, 0.3) is 5.91 Å². The Morgan fingerprint density at radius 2 is 2.15 bits per heavy atom. The Balaban J connectivity index is 1.65. The minimum absolute atomic E-state index is 0.240. The van der Waals surface area contributed by atoms with Gasteiger partial charge >= 0.3 is 0 Å². The minimum atomic E-state index is -0.240. The highest BCUT2D eigenvalue weighted by atomic mass is 32.1. The summed E-state index contributed by atoms with van der Waals surface area (Å²) in [7, 11) is 0. The van der Waals surface area contributed by atoms with Gasteiger partial charge in [-0.2, -0.15) is 0 Å². The number of aromatic nitrogens is 2.